The summed E-state index contributed by atoms with van der Waals surface area (Å²) in [6.07, 6.45) is 0. The number of hydrogen-bond donors (Lipinski definition) is 2. The molecule has 0 atom stereocenters. The Morgan fingerprint density at radius 1 is 1.33 bits per heavy atom. The standard InChI is InChI=1S/C9H11BFNO3/c1-12(2)9(13)6-3-7(10(14)15)5-8(11)4-6/h3-5,14-15H,1-2H3. The van der Waals surface area contributed by atoms with Crippen LogP contribution in [0.15, 0.2) is 18.2 Å². The molecule has 0 heterocycles. The van der Waals surface area contributed by atoms with Crippen LogP contribution in [0.2, 0.25) is 0 Å². The minimum absolute atomic E-state index is 0.0415. The molecular weight excluding hydrogens is 200 g/mol. The second-order valence-corrected chi connectivity index (χ2v) is 3.35. The van der Waals surface area contributed by atoms with Gasteiger partial charge in [0.25, 0.3) is 5.91 Å². The summed E-state index contributed by atoms with van der Waals surface area (Å²) in [6, 6.07) is 3.27. The Labute approximate surface area is 87.1 Å². The fourth-order valence-electron chi connectivity index (χ4n) is 1.14. The highest BCUT2D eigenvalue weighted by atomic mass is 19.1. The summed E-state index contributed by atoms with van der Waals surface area (Å²) < 4.78 is 13.0. The molecule has 2 N–H and O–H groups in total. The van der Waals surface area contributed by atoms with Crippen molar-refractivity contribution in [2.45, 2.75) is 0 Å². The predicted molar refractivity (Wildman–Crippen MR) is 54.2 cm³/mol. The van der Waals surface area contributed by atoms with Crippen LogP contribution in [0, 0.1) is 5.82 Å². The van der Waals surface area contributed by atoms with E-state index in [4.69, 9.17) is 10.0 Å². The molecule has 1 amide bonds. The molecule has 0 radical (unpaired) electrons. The molecule has 0 aliphatic carbocycles. The Bertz CT molecular complexity index is 382. The van der Waals surface area contributed by atoms with Gasteiger partial charge in [-0.15, -0.1) is 0 Å². The van der Waals surface area contributed by atoms with Gasteiger partial charge in [0.15, 0.2) is 0 Å². The van der Waals surface area contributed by atoms with Crippen LogP contribution in [0.3, 0.4) is 0 Å². The number of benzene rings is 1. The Morgan fingerprint density at radius 2 is 1.93 bits per heavy atom. The average molecular weight is 211 g/mol. The van der Waals surface area contributed by atoms with E-state index in [1.807, 2.05) is 0 Å². The number of nitrogens with zero attached hydrogens (tertiary/aromatic N) is 1. The maximum atomic E-state index is 13.0. The molecular formula is C9H11BFNO3. The molecule has 0 bridgehead atoms. The van der Waals surface area contributed by atoms with Crippen LogP contribution >= 0.6 is 0 Å². The topological polar surface area (TPSA) is 60.8 Å². The normalized spacial score (nSPS) is 9.93. The van der Waals surface area contributed by atoms with Crippen molar-refractivity contribution in [1.29, 1.82) is 0 Å². The minimum atomic E-state index is -1.78. The van der Waals surface area contributed by atoms with E-state index in [1.165, 1.54) is 25.1 Å². The van der Waals surface area contributed by atoms with Gasteiger partial charge in [0, 0.05) is 19.7 Å². The summed E-state index contributed by atoms with van der Waals surface area (Å²) in [6.45, 7) is 0. The molecule has 0 aliphatic rings. The molecule has 6 heteroatoms. The van der Waals surface area contributed by atoms with E-state index < -0.39 is 18.8 Å². The number of carbonyl (C=O) groups excluding carboxylic acids is 1. The molecule has 1 rings (SSSR count). The first-order valence-electron chi connectivity index (χ1n) is 4.30. The number of hydrogen-bond acceptors (Lipinski definition) is 3. The second kappa shape index (κ2) is 4.42. The lowest BCUT2D eigenvalue weighted by molar-refractivity contribution is 0.0827. The first-order chi connectivity index (χ1) is 6.91. The molecule has 1 aromatic carbocycles. The van der Waals surface area contributed by atoms with Crippen LogP contribution in [0.5, 0.6) is 0 Å². The third-order valence-corrected chi connectivity index (χ3v) is 1.87. The van der Waals surface area contributed by atoms with E-state index >= 15 is 0 Å². The lowest BCUT2D eigenvalue weighted by Crippen LogP contribution is -2.32. The third kappa shape index (κ3) is 2.77. The van der Waals surface area contributed by atoms with Gasteiger partial charge in [0.1, 0.15) is 5.82 Å². The molecule has 0 saturated carbocycles. The van der Waals surface area contributed by atoms with E-state index in [0.29, 0.717) is 0 Å². The second-order valence-electron chi connectivity index (χ2n) is 3.35. The van der Waals surface area contributed by atoms with Gasteiger partial charge >= 0.3 is 7.12 Å². The highest BCUT2D eigenvalue weighted by molar-refractivity contribution is 6.58. The van der Waals surface area contributed by atoms with Crippen molar-refractivity contribution >= 4 is 18.5 Å². The highest BCUT2D eigenvalue weighted by Crippen LogP contribution is 2.04. The number of halogens is 1. The zero-order valence-corrected chi connectivity index (χ0v) is 8.44. The number of amides is 1. The lowest BCUT2D eigenvalue weighted by Gasteiger charge is -2.11. The average Bonchev–Trinajstić information content (AvgIpc) is 2.15. The molecule has 0 spiro atoms. The Hall–Kier alpha value is -1.40. The quantitative estimate of drug-likeness (QED) is 0.630. The first-order valence-corrected chi connectivity index (χ1v) is 4.30. The maximum Gasteiger partial charge on any atom is 0.488 e. The summed E-state index contributed by atoms with van der Waals surface area (Å²) in [5.41, 5.74) is 0.0447. The molecule has 0 saturated heterocycles. The fraction of sp³-hybridized carbons (Fsp3) is 0.222. The SMILES string of the molecule is CN(C)C(=O)c1cc(F)cc(B(O)O)c1. The smallest absolute Gasteiger partial charge is 0.423 e. The predicted octanol–water partition coefficient (Wildman–Crippen LogP) is -0.793. The van der Waals surface area contributed by atoms with Crippen LogP contribution < -0.4 is 5.46 Å². The van der Waals surface area contributed by atoms with Crippen molar-refractivity contribution in [3.05, 3.63) is 29.6 Å². The highest BCUT2D eigenvalue weighted by Gasteiger charge is 2.16. The third-order valence-electron chi connectivity index (χ3n) is 1.87. The van der Waals surface area contributed by atoms with Crippen molar-refractivity contribution in [3.8, 4) is 0 Å². The van der Waals surface area contributed by atoms with Crippen molar-refractivity contribution in [2.24, 2.45) is 0 Å². The zero-order valence-electron chi connectivity index (χ0n) is 8.44. The Balaban J connectivity index is 3.14. The van der Waals surface area contributed by atoms with Crippen molar-refractivity contribution < 1.29 is 19.2 Å². The van der Waals surface area contributed by atoms with Gasteiger partial charge in [-0.3, -0.25) is 4.79 Å². The van der Waals surface area contributed by atoms with Gasteiger partial charge < -0.3 is 14.9 Å². The van der Waals surface area contributed by atoms with Gasteiger partial charge in [0.05, 0.1) is 0 Å². The van der Waals surface area contributed by atoms with Crippen LogP contribution in [-0.4, -0.2) is 42.1 Å². The maximum absolute atomic E-state index is 13.0. The molecule has 0 unspecified atom stereocenters. The van der Waals surface area contributed by atoms with Crippen LogP contribution in [0.25, 0.3) is 0 Å². The van der Waals surface area contributed by atoms with Gasteiger partial charge in [-0.05, 0) is 23.7 Å². The summed E-state index contributed by atoms with van der Waals surface area (Å²) in [7, 11) is 1.28. The summed E-state index contributed by atoms with van der Waals surface area (Å²) in [4.78, 5) is 12.7. The molecule has 1 aromatic rings. The molecule has 0 aromatic heterocycles. The minimum Gasteiger partial charge on any atom is -0.423 e. The molecule has 0 fully saturated rings. The zero-order chi connectivity index (χ0) is 11.6. The fourth-order valence-corrected chi connectivity index (χ4v) is 1.14. The Kier molecular flexibility index (Phi) is 3.44. The summed E-state index contributed by atoms with van der Waals surface area (Å²) in [5.74, 6) is -1.07. The van der Waals surface area contributed by atoms with E-state index in [-0.39, 0.29) is 11.0 Å². The van der Waals surface area contributed by atoms with Gasteiger partial charge in [0.2, 0.25) is 0 Å². The van der Waals surface area contributed by atoms with E-state index in [2.05, 4.69) is 0 Å². The summed E-state index contributed by atoms with van der Waals surface area (Å²) >= 11 is 0. The van der Waals surface area contributed by atoms with Crippen LogP contribution in [-0.2, 0) is 0 Å². The van der Waals surface area contributed by atoms with Crippen LogP contribution in [0.4, 0.5) is 4.39 Å². The molecule has 0 aliphatic heterocycles. The van der Waals surface area contributed by atoms with Crippen molar-refractivity contribution in [1.82, 2.24) is 4.90 Å². The van der Waals surface area contributed by atoms with E-state index in [9.17, 15) is 9.18 Å². The van der Waals surface area contributed by atoms with Crippen molar-refractivity contribution in [2.75, 3.05) is 14.1 Å². The largest absolute Gasteiger partial charge is 0.488 e. The molecule has 15 heavy (non-hydrogen) atoms. The monoisotopic (exact) mass is 211 g/mol. The Morgan fingerprint density at radius 3 is 2.40 bits per heavy atom. The number of carbonyl (C=O) groups is 1. The van der Waals surface area contributed by atoms with Crippen LogP contribution in [0.1, 0.15) is 10.4 Å². The van der Waals surface area contributed by atoms with Gasteiger partial charge in [-0.2, -0.15) is 0 Å². The molecule has 80 valence electrons. The summed E-state index contributed by atoms with van der Waals surface area (Å²) in [5, 5.41) is 17.7. The van der Waals surface area contributed by atoms with Crippen molar-refractivity contribution in [3.63, 3.8) is 0 Å². The van der Waals surface area contributed by atoms with E-state index in [1.54, 1.807) is 0 Å². The van der Waals surface area contributed by atoms with Gasteiger partial charge in [-0.1, -0.05) is 0 Å². The van der Waals surface area contributed by atoms with E-state index in [0.717, 1.165) is 12.1 Å². The lowest BCUT2D eigenvalue weighted by atomic mass is 9.79. The first kappa shape index (κ1) is 11.7. The van der Waals surface area contributed by atoms with Gasteiger partial charge in [-0.25, -0.2) is 4.39 Å². The molecule has 4 nitrogen and oxygen atoms in total. The number of rotatable bonds is 2.